The van der Waals surface area contributed by atoms with Crippen LogP contribution in [0.25, 0.3) is 0 Å². The molecule has 4 aliphatic rings. The first-order valence-corrected chi connectivity index (χ1v) is 13.0. The second kappa shape index (κ2) is 9.84. The van der Waals surface area contributed by atoms with E-state index in [1.54, 1.807) is 18.2 Å². The molecule has 0 unspecified atom stereocenters. The summed E-state index contributed by atoms with van der Waals surface area (Å²) in [6.07, 6.45) is 4.04. The minimum absolute atomic E-state index is 0.00183. The highest BCUT2D eigenvalue weighted by Crippen LogP contribution is 2.54. The van der Waals surface area contributed by atoms with Crippen LogP contribution in [0.1, 0.15) is 63.0 Å². The fourth-order valence-corrected chi connectivity index (χ4v) is 6.16. The highest BCUT2D eigenvalue weighted by Gasteiger charge is 2.50. The van der Waals surface area contributed by atoms with E-state index in [1.165, 1.54) is 12.1 Å². The summed E-state index contributed by atoms with van der Waals surface area (Å²) in [5.74, 6) is -0.0852. The van der Waals surface area contributed by atoms with Crippen LogP contribution < -0.4 is 14.8 Å². The van der Waals surface area contributed by atoms with Gasteiger partial charge in [-0.25, -0.2) is 4.39 Å². The molecule has 0 saturated heterocycles. The van der Waals surface area contributed by atoms with Crippen molar-refractivity contribution in [3.63, 3.8) is 0 Å². The van der Waals surface area contributed by atoms with Crippen molar-refractivity contribution in [2.24, 2.45) is 5.41 Å². The molecule has 6 rings (SSSR count). The van der Waals surface area contributed by atoms with E-state index in [4.69, 9.17) is 32.7 Å². The van der Waals surface area contributed by atoms with Gasteiger partial charge in [0.15, 0.2) is 18.5 Å². The Morgan fingerprint density at radius 2 is 1.81 bits per heavy atom. The number of aliphatic hydroxyl groups is 1. The lowest BCUT2D eigenvalue weighted by Crippen LogP contribution is -2.58. The Kier molecular flexibility index (Phi) is 6.92. The number of benzene rings is 2. The third-order valence-electron chi connectivity index (χ3n) is 8.01. The quantitative estimate of drug-likeness (QED) is 0.484. The van der Waals surface area contributed by atoms with Crippen molar-refractivity contribution in [1.29, 1.82) is 0 Å². The predicted octanol–water partition coefficient (Wildman–Crippen LogP) is 5.56. The van der Waals surface area contributed by atoms with Gasteiger partial charge in [0.25, 0.3) is 5.91 Å². The van der Waals surface area contributed by atoms with E-state index in [9.17, 15) is 19.1 Å². The molecule has 0 aromatic heterocycles. The summed E-state index contributed by atoms with van der Waals surface area (Å²) in [6.45, 7) is -0.208. The molecule has 9 heteroatoms. The number of fused-ring (bicyclic) bond motifs is 4. The molecule has 0 spiro atoms. The van der Waals surface area contributed by atoms with Crippen molar-refractivity contribution in [1.82, 2.24) is 5.32 Å². The van der Waals surface area contributed by atoms with E-state index in [-0.39, 0.29) is 46.4 Å². The number of ketones is 1. The highest BCUT2D eigenvalue weighted by atomic mass is 35.5. The van der Waals surface area contributed by atoms with E-state index in [0.717, 1.165) is 44.6 Å². The molecule has 0 radical (unpaired) electrons. The maximum atomic E-state index is 13.6. The molecule has 3 aliphatic carbocycles. The molecule has 192 valence electrons. The molecular formula is C27H28Cl2FNO5. The number of amides is 1. The van der Waals surface area contributed by atoms with Gasteiger partial charge in [0.2, 0.25) is 0 Å². The third-order valence-corrected chi connectivity index (χ3v) is 8.55. The lowest BCUT2D eigenvalue weighted by molar-refractivity contribution is -0.135. The van der Waals surface area contributed by atoms with Crippen molar-refractivity contribution in [3.05, 3.63) is 57.8 Å². The summed E-state index contributed by atoms with van der Waals surface area (Å²) in [4.78, 5) is 25.8. The number of Topliss-reactive ketones (excluding diaryl/α,β-unsaturated/α-hetero) is 1. The predicted molar refractivity (Wildman–Crippen MR) is 133 cm³/mol. The molecule has 2 N–H and O–H groups in total. The van der Waals surface area contributed by atoms with Crippen LogP contribution in [-0.2, 0) is 9.59 Å². The van der Waals surface area contributed by atoms with Crippen molar-refractivity contribution in [3.8, 4) is 11.5 Å². The van der Waals surface area contributed by atoms with Gasteiger partial charge in [0.1, 0.15) is 17.3 Å². The smallest absolute Gasteiger partial charge is 0.258 e. The monoisotopic (exact) mass is 535 g/mol. The van der Waals surface area contributed by atoms with Gasteiger partial charge in [-0.15, -0.1) is 0 Å². The molecule has 6 nitrogen and oxygen atoms in total. The van der Waals surface area contributed by atoms with E-state index >= 15 is 0 Å². The number of ether oxygens (including phenoxy) is 2. The van der Waals surface area contributed by atoms with E-state index in [1.807, 2.05) is 0 Å². The van der Waals surface area contributed by atoms with Crippen LogP contribution >= 0.6 is 23.2 Å². The maximum Gasteiger partial charge on any atom is 0.258 e. The van der Waals surface area contributed by atoms with Crippen molar-refractivity contribution in [2.45, 2.75) is 69.1 Å². The minimum Gasteiger partial charge on any atom is -0.484 e. The van der Waals surface area contributed by atoms with Gasteiger partial charge in [-0.05, 0) is 74.3 Å². The number of hydrogen-bond donors (Lipinski definition) is 2. The van der Waals surface area contributed by atoms with Gasteiger partial charge in [-0.3, -0.25) is 9.59 Å². The number of aliphatic hydroxyl groups excluding tert-OH is 1. The maximum absolute atomic E-state index is 13.6. The molecule has 2 atom stereocenters. The first-order valence-electron chi connectivity index (χ1n) is 12.2. The first-order chi connectivity index (χ1) is 17.2. The molecule has 2 bridgehead atoms. The Morgan fingerprint density at radius 1 is 1.08 bits per heavy atom. The summed E-state index contributed by atoms with van der Waals surface area (Å²) in [5, 5.41) is 14.2. The van der Waals surface area contributed by atoms with Crippen molar-refractivity contribution >= 4 is 34.9 Å². The van der Waals surface area contributed by atoms with E-state index in [2.05, 4.69) is 5.32 Å². The average Bonchev–Trinajstić information content (AvgIpc) is 2.86. The summed E-state index contributed by atoms with van der Waals surface area (Å²) in [7, 11) is 0. The van der Waals surface area contributed by atoms with Crippen LogP contribution in [0.15, 0.2) is 36.4 Å². The van der Waals surface area contributed by atoms with Crippen LogP contribution in [-0.4, -0.2) is 35.0 Å². The van der Waals surface area contributed by atoms with Gasteiger partial charge in [-0.2, -0.15) is 0 Å². The van der Waals surface area contributed by atoms with Crippen molar-refractivity contribution in [2.75, 3.05) is 6.61 Å². The zero-order valence-corrected chi connectivity index (χ0v) is 21.2. The topological polar surface area (TPSA) is 84.9 Å². The Bertz CT molecular complexity index is 1160. The Balaban J connectivity index is 1.14. The number of carbonyl (C=O) groups is 2. The number of halogens is 3. The molecule has 36 heavy (non-hydrogen) atoms. The molecular weight excluding hydrogens is 508 g/mol. The number of carbonyl (C=O) groups excluding carboxylic acids is 2. The molecule has 1 aliphatic heterocycles. The molecule has 2 aromatic rings. The highest BCUT2D eigenvalue weighted by molar-refractivity contribution is 6.31. The fourth-order valence-electron chi connectivity index (χ4n) is 5.86. The molecule has 1 heterocycles. The van der Waals surface area contributed by atoms with Gasteiger partial charge >= 0.3 is 0 Å². The van der Waals surface area contributed by atoms with Gasteiger partial charge < -0.3 is 19.9 Å². The van der Waals surface area contributed by atoms with Gasteiger partial charge in [0.05, 0.1) is 11.1 Å². The zero-order chi connectivity index (χ0) is 25.5. The lowest BCUT2D eigenvalue weighted by atomic mass is 9.55. The lowest BCUT2D eigenvalue weighted by Gasteiger charge is -2.53. The Labute approximate surface area is 219 Å². The number of nitrogens with one attached hydrogen (secondary N) is 1. The molecule has 3 saturated carbocycles. The largest absolute Gasteiger partial charge is 0.484 e. The first kappa shape index (κ1) is 25.3. The number of hydrogen-bond acceptors (Lipinski definition) is 5. The third kappa shape index (κ3) is 5.20. The molecule has 3 fully saturated rings. The SMILES string of the molecule is O=C(COc1ccc(Cl)c(F)c1)NC12CCC(CC(=O)[C@@H]3C[C@H](O)c4cc(Cl)ccc4O3)(CC1)CC2. The summed E-state index contributed by atoms with van der Waals surface area (Å²) in [6, 6.07) is 9.13. The normalized spacial score (nSPS) is 28.7. The van der Waals surface area contributed by atoms with Crippen LogP contribution in [0.3, 0.4) is 0 Å². The average molecular weight is 536 g/mol. The summed E-state index contributed by atoms with van der Waals surface area (Å²) in [5.41, 5.74) is 0.215. The van der Waals surface area contributed by atoms with E-state index in [0.29, 0.717) is 22.8 Å². The van der Waals surface area contributed by atoms with Crippen molar-refractivity contribution < 1.29 is 28.6 Å². The Morgan fingerprint density at radius 3 is 2.50 bits per heavy atom. The van der Waals surface area contributed by atoms with Crippen LogP contribution in [0.5, 0.6) is 11.5 Å². The Hall–Kier alpha value is -2.35. The fraction of sp³-hybridized carbons (Fsp3) is 0.481. The van der Waals surface area contributed by atoms with E-state index < -0.39 is 18.0 Å². The second-order valence-electron chi connectivity index (χ2n) is 10.4. The van der Waals surface area contributed by atoms with Crippen LogP contribution in [0, 0.1) is 11.2 Å². The molecule has 1 amide bonds. The van der Waals surface area contributed by atoms with Gasteiger partial charge in [0, 0.05) is 35.0 Å². The van der Waals surface area contributed by atoms with Gasteiger partial charge in [-0.1, -0.05) is 23.2 Å². The summed E-state index contributed by atoms with van der Waals surface area (Å²) >= 11 is 11.7. The molecule has 2 aromatic carbocycles. The summed E-state index contributed by atoms with van der Waals surface area (Å²) < 4.78 is 25.0. The van der Waals surface area contributed by atoms with Crippen LogP contribution in [0.4, 0.5) is 4.39 Å². The zero-order valence-electron chi connectivity index (χ0n) is 19.7. The minimum atomic E-state index is -0.786. The number of rotatable bonds is 7. The second-order valence-corrected chi connectivity index (χ2v) is 11.2. The van der Waals surface area contributed by atoms with Crippen LogP contribution in [0.2, 0.25) is 10.0 Å². The standard InChI is InChI=1S/C27H28Cl2FNO5/c28-16-1-4-23-18(11-16)21(32)13-24(36-23)22(33)14-26-5-8-27(9-6-26,10-7-26)31-25(34)15-35-17-2-3-19(29)20(30)12-17/h1-4,11-12,21,24,32H,5-10,13-15H2,(H,31,34)/t21-,24-,26?,27?/m0/s1.